The maximum atomic E-state index is 4.60. The number of hydrogen-bond donors (Lipinski definition) is 0. The van der Waals surface area contributed by atoms with Gasteiger partial charge in [0.15, 0.2) is 0 Å². The zero-order valence-corrected chi connectivity index (χ0v) is 16.8. The van der Waals surface area contributed by atoms with Crippen molar-refractivity contribution in [3.05, 3.63) is 34.0 Å². The molecule has 5 nitrogen and oxygen atoms in total. The van der Waals surface area contributed by atoms with Crippen molar-refractivity contribution < 1.29 is 0 Å². The van der Waals surface area contributed by atoms with E-state index in [9.17, 15) is 0 Å². The van der Waals surface area contributed by atoms with Gasteiger partial charge in [0.25, 0.3) is 0 Å². The second kappa shape index (κ2) is 8.63. The van der Waals surface area contributed by atoms with Gasteiger partial charge in [-0.2, -0.15) is 0 Å². The van der Waals surface area contributed by atoms with Crippen LogP contribution < -0.4 is 0 Å². The number of piperidine rings is 1. The van der Waals surface area contributed by atoms with Gasteiger partial charge in [-0.25, -0.2) is 0 Å². The number of nitrogens with zero attached hydrogens (tertiary/aromatic N) is 5. The first kappa shape index (κ1) is 18.1. The highest BCUT2D eigenvalue weighted by molar-refractivity contribution is 7.09. The van der Waals surface area contributed by atoms with Crippen LogP contribution in [0.1, 0.15) is 61.0 Å². The highest BCUT2D eigenvalue weighted by Gasteiger charge is 2.25. The molecule has 0 radical (unpaired) electrons. The van der Waals surface area contributed by atoms with Crippen molar-refractivity contribution in [2.24, 2.45) is 7.05 Å². The quantitative estimate of drug-likeness (QED) is 0.802. The van der Waals surface area contributed by atoms with E-state index in [0.29, 0.717) is 5.92 Å². The van der Waals surface area contributed by atoms with Gasteiger partial charge in [-0.15, -0.1) is 21.5 Å². The third-order valence-electron chi connectivity index (χ3n) is 5.97. The van der Waals surface area contributed by atoms with E-state index in [2.05, 4.69) is 49.1 Å². The number of thiophene rings is 1. The highest BCUT2D eigenvalue weighted by atomic mass is 32.1. The van der Waals surface area contributed by atoms with E-state index in [0.717, 1.165) is 32.0 Å². The molecule has 6 heteroatoms. The second-order valence-electron chi connectivity index (χ2n) is 7.85. The van der Waals surface area contributed by atoms with Gasteiger partial charge in [-0.1, -0.05) is 18.9 Å². The maximum Gasteiger partial charge on any atom is 0.146 e. The summed E-state index contributed by atoms with van der Waals surface area (Å²) < 4.78 is 2.28. The molecule has 142 valence electrons. The number of aromatic nitrogens is 3. The Labute approximate surface area is 161 Å². The molecule has 2 aliphatic rings. The minimum absolute atomic E-state index is 0.560. The van der Waals surface area contributed by atoms with Crippen LogP contribution in [0.25, 0.3) is 0 Å². The number of hydrogen-bond acceptors (Lipinski definition) is 5. The molecule has 0 N–H and O–H groups in total. The molecule has 2 aromatic rings. The normalized spacial score (nSPS) is 21.1. The molecule has 0 saturated carbocycles. The Bertz CT molecular complexity index is 664. The molecule has 0 spiro atoms. The summed E-state index contributed by atoms with van der Waals surface area (Å²) in [5.41, 5.74) is 0. The van der Waals surface area contributed by atoms with Gasteiger partial charge in [-0.3, -0.25) is 9.80 Å². The van der Waals surface area contributed by atoms with E-state index >= 15 is 0 Å². The van der Waals surface area contributed by atoms with Crippen molar-refractivity contribution in [1.29, 1.82) is 0 Å². The molecule has 4 heterocycles. The summed E-state index contributed by atoms with van der Waals surface area (Å²) >= 11 is 1.86. The van der Waals surface area contributed by atoms with E-state index in [-0.39, 0.29) is 0 Å². The standard InChI is InChI=1S/C20H31N5S/c1-23-19(16-24-10-4-2-3-5-11-24)21-22-20(23)17-8-12-25(13-9-17)15-18-7-6-14-26-18/h6-7,14,17H,2-5,8-13,15-16H2,1H3. The Kier molecular flexibility index (Phi) is 6.02. The van der Waals surface area contributed by atoms with E-state index < -0.39 is 0 Å². The van der Waals surface area contributed by atoms with Crippen molar-refractivity contribution in [2.75, 3.05) is 26.2 Å². The number of rotatable bonds is 5. The van der Waals surface area contributed by atoms with Gasteiger partial charge >= 0.3 is 0 Å². The van der Waals surface area contributed by atoms with E-state index in [1.165, 1.54) is 62.3 Å². The number of likely N-dealkylation sites (tertiary alicyclic amines) is 2. The molecule has 0 unspecified atom stereocenters. The van der Waals surface area contributed by atoms with Crippen molar-refractivity contribution in [1.82, 2.24) is 24.6 Å². The minimum atomic E-state index is 0.560. The summed E-state index contributed by atoms with van der Waals surface area (Å²) in [6.45, 7) is 6.81. The molecule has 0 aromatic carbocycles. The minimum Gasteiger partial charge on any atom is -0.317 e. The summed E-state index contributed by atoms with van der Waals surface area (Å²) in [6, 6.07) is 4.40. The van der Waals surface area contributed by atoms with Crippen molar-refractivity contribution in [2.45, 2.75) is 57.5 Å². The van der Waals surface area contributed by atoms with Crippen molar-refractivity contribution in [3.8, 4) is 0 Å². The van der Waals surface area contributed by atoms with Crippen molar-refractivity contribution in [3.63, 3.8) is 0 Å². The average molecular weight is 374 g/mol. The monoisotopic (exact) mass is 373 g/mol. The molecule has 26 heavy (non-hydrogen) atoms. The summed E-state index contributed by atoms with van der Waals surface area (Å²) in [5.74, 6) is 2.90. The van der Waals surface area contributed by atoms with Crippen LogP contribution in [-0.2, 0) is 20.1 Å². The van der Waals surface area contributed by atoms with Crippen LogP contribution in [0.15, 0.2) is 17.5 Å². The first-order valence-electron chi connectivity index (χ1n) is 10.1. The first-order valence-corrected chi connectivity index (χ1v) is 11.0. The summed E-state index contributed by atoms with van der Waals surface area (Å²) in [5, 5.41) is 11.3. The third kappa shape index (κ3) is 4.35. The van der Waals surface area contributed by atoms with Crippen LogP contribution in [-0.4, -0.2) is 50.7 Å². The molecule has 0 atom stereocenters. The van der Waals surface area contributed by atoms with Crippen LogP contribution in [0, 0.1) is 0 Å². The SMILES string of the molecule is Cn1c(CN2CCCCCC2)nnc1C1CCN(Cc2cccs2)CC1. The Morgan fingerprint density at radius 3 is 2.38 bits per heavy atom. The predicted molar refractivity (Wildman–Crippen MR) is 106 cm³/mol. The van der Waals surface area contributed by atoms with Gasteiger partial charge in [-0.05, 0) is 63.3 Å². The Morgan fingerprint density at radius 1 is 0.962 bits per heavy atom. The molecule has 0 aliphatic carbocycles. The first-order chi connectivity index (χ1) is 12.8. The molecule has 2 aliphatic heterocycles. The lowest BCUT2D eigenvalue weighted by atomic mass is 9.96. The Balaban J connectivity index is 1.33. The maximum absolute atomic E-state index is 4.60. The molecular formula is C20H31N5S. The van der Waals surface area contributed by atoms with E-state index in [1.54, 1.807) is 0 Å². The van der Waals surface area contributed by atoms with E-state index in [1.807, 2.05) is 11.3 Å². The van der Waals surface area contributed by atoms with E-state index in [4.69, 9.17) is 0 Å². The van der Waals surface area contributed by atoms with Crippen LogP contribution >= 0.6 is 11.3 Å². The Hall–Kier alpha value is -1.24. The van der Waals surface area contributed by atoms with Gasteiger partial charge < -0.3 is 4.57 Å². The topological polar surface area (TPSA) is 37.2 Å². The predicted octanol–water partition coefficient (Wildman–Crippen LogP) is 3.63. The lowest BCUT2D eigenvalue weighted by molar-refractivity contribution is 0.201. The van der Waals surface area contributed by atoms with Crippen LogP contribution in [0.3, 0.4) is 0 Å². The zero-order valence-electron chi connectivity index (χ0n) is 15.9. The van der Waals surface area contributed by atoms with Crippen LogP contribution in [0.2, 0.25) is 0 Å². The van der Waals surface area contributed by atoms with Gasteiger partial charge in [0.05, 0.1) is 6.54 Å². The highest BCUT2D eigenvalue weighted by Crippen LogP contribution is 2.28. The Morgan fingerprint density at radius 2 is 1.69 bits per heavy atom. The molecule has 0 amide bonds. The summed E-state index contributed by atoms with van der Waals surface area (Å²) in [6.07, 6.45) is 7.80. The smallest absolute Gasteiger partial charge is 0.146 e. The lowest BCUT2D eigenvalue weighted by Gasteiger charge is -2.31. The zero-order chi connectivity index (χ0) is 17.8. The molecule has 0 bridgehead atoms. The molecular weight excluding hydrogens is 342 g/mol. The summed E-state index contributed by atoms with van der Waals surface area (Å²) in [4.78, 5) is 6.61. The fourth-order valence-electron chi connectivity index (χ4n) is 4.34. The fourth-order valence-corrected chi connectivity index (χ4v) is 5.08. The lowest BCUT2D eigenvalue weighted by Crippen LogP contribution is -2.33. The molecule has 2 aromatic heterocycles. The fraction of sp³-hybridized carbons (Fsp3) is 0.700. The van der Waals surface area contributed by atoms with Crippen LogP contribution in [0.4, 0.5) is 0 Å². The summed E-state index contributed by atoms with van der Waals surface area (Å²) in [7, 11) is 2.17. The van der Waals surface area contributed by atoms with Gasteiger partial charge in [0, 0.05) is 24.4 Å². The average Bonchev–Trinajstić information content (AvgIpc) is 3.20. The molecule has 2 saturated heterocycles. The van der Waals surface area contributed by atoms with Crippen LogP contribution in [0.5, 0.6) is 0 Å². The van der Waals surface area contributed by atoms with Gasteiger partial charge in [0.1, 0.15) is 11.6 Å². The van der Waals surface area contributed by atoms with Crippen molar-refractivity contribution >= 4 is 11.3 Å². The molecule has 4 rings (SSSR count). The van der Waals surface area contributed by atoms with Gasteiger partial charge in [0.2, 0.25) is 0 Å². The largest absolute Gasteiger partial charge is 0.317 e. The molecule has 2 fully saturated rings. The third-order valence-corrected chi connectivity index (χ3v) is 6.84. The second-order valence-corrected chi connectivity index (χ2v) is 8.89.